The van der Waals surface area contributed by atoms with E-state index in [2.05, 4.69) is 4.98 Å². The van der Waals surface area contributed by atoms with Gasteiger partial charge in [0.05, 0.1) is 17.6 Å². The molecule has 3 rings (SSSR count). The standard InChI is InChI=1S/C12H14N2O4S/c15-5-8-9(16)10(17)11(18-8)14-7-4-2-1-3-6(7)13-12(14)19/h1-4,8-11,15-17H,5H2,(H,13,19)/t8-,9+,10+,11-/m0/s1. The number of benzene rings is 1. The highest BCUT2D eigenvalue weighted by molar-refractivity contribution is 7.71. The molecule has 1 aliphatic heterocycles. The molecule has 1 aliphatic rings. The molecule has 0 spiro atoms. The Morgan fingerprint density at radius 3 is 2.68 bits per heavy atom. The number of ether oxygens (including phenoxy) is 1. The van der Waals surface area contributed by atoms with E-state index in [1.165, 1.54) is 0 Å². The van der Waals surface area contributed by atoms with E-state index in [0.717, 1.165) is 11.0 Å². The first kappa shape index (κ1) is 12.8. The Bertz CT molecular complexity index is 652. The van der Waals surface area contributed by atoms with Crippen molar-refractivity contribution >= 4 is 23.3 Å². The fourth-order valence-corrected chi connectivity index (χ4v) is 2.73. The molecule has 0 bridgehead atoms. The second-order valence-corrected chi connectivity index (χ2v) is 4.93. The second-order valence-electron chi connectivity index (χ2n) is 4.55. The van der Waals surface area contributed by atoms with Gasteiger partial charge in [0.15, 0.2) is 11.0 Å². The molecule has 1 aromatic carbocycles. The van der Waals surface area contributed by atoms with E-state index >= 15 is 0 Å². The summed E-state index contributed by atoms with van der Waals surface area (Å²) in [7, 11) is 0. The maximum atomic E-state index is 10.0. The Hall–Kier alpha value is -1.25. The number of nitrogens with one attached hydrogen (secondary N) is 1. The topological polar surface area (TPSA) is 90.6 Å². The molecule has 0 aliphatic carbocycles. The van der Waals surface area contributed by atoms with E-state index in [9.17, 15) is 10.2 Å². The molecule has 2 heterocycles. The molecular formula is C12H14N2O4S. The molecule has 1 aromatic heterocycles. The van der Waals surface area contributed by atoms with Gasteiger partial charge in [-0.2, -0.15) is 0 Å². The average molecular weight is 282 g/mol. The van der Waals surface area contributed by atoms with Crippen LogP contribution in [-0.4, -0.2) is 49.8 Å². The molecule has 0 radical (unpaired) electrons. The third kappa shape index (κ3) is 1.90. The number of aromatic amines is 1. The quantitative estimate of drug-likeness (QED) is 0.595. The lowest BCUT2D eigenvalue weighted by atomic mass is 10.1. The Kier molecular flexibility index (Phi) is 3.15. The Balaban J connectivity index is 2.10. The monoisotopic (exact) mass is 282 g/mol. The highest BCUT2D eigenvalue weighted by Gasteiger charge is 2.43. The van der Waals surface area contributed by atoms with Gasteiger partial charge in [-0.25, -0.2) is 0 Å². The second kappa shape index (κ2) is 4.69. The first-order chi connectivity index (χ1) is 9.13. The van der Waals surface area contributed by atoms with Gasteiger partial charge in [-0.3, -0.25) is 4.57 Å². The molecule has 4 N–H and O–H groups in total. The number of para-hydroxylation sites is 2. The van der Waals surface area contributed by atoms with Gasteiger partial charge in [0.25, 0.3) is 0 Å². The normalized spacial score (nSPS) is 31.1. The third-order valence-corrected chi connectivity index (χ3v) is 3.69. The minimum atomic E-state index is -1.14. The summed E-state index contributed by atoms with van der Waals surface area (Å²) in [6.07, 6.45) is -3.89. The summed E-state index contributed by atoms with van der Waals surface area (Å²) in [6, 6.07) is 7.43. The summed E-state index contributed by atoms with van der Waals surface area (Å²) in [4.78, 5) is 3.01. The highest BCUT2D eigenvalue weighted by Crippen LogP contribution is 2.32. The van der Waals surface area contributed by atoms with Crippen LogP contribution in [0.2, 0.25) is 0 Å². The van der Waals surface area contributed by atoms with Crippen LogP contribution >= 0.6 is 12.2 Å². The van der Waals surface area contributed by atoms with E-state index in [1.54, 1.807) is 4.57 Å². The number of aromatic nitrogens is 2. The summed E-state index contributed by atoms with van der Waals surface area (Å²) < 4.78 is 7.51. The van der Waals surface area contributed by atoms with Crippen molar-refractivity contribution in [2.45, 2.75) is 24.5 Å². The Morgan fingerprint density at radius 1 is 1.26 bits per heavy atom. The maximum Gasteiger partial charge on any atom is 0.180 e. The van der Waals surface area contributed by atoms with Crippen LogP contribution in [-0.2, 0) is 4.74 Å². The van der Waals surface area contributed by atoms with Crippen molar-refractivity contribution in [3.8, 4) is 0 Å². The summed E-state index contributed by atoms with van der Waals surface area (Å²) in [6.45, 7) is -0.357. The van der Waals surface area contributed by atoms with Gasteiger partial charge < -0.3 is 25.0 Å². The zero-order chi connectivity index (χ0) is 13.6. The average Bonchev–Trinajstić information content (AvgIpc) is 2.88. The van der Waals surface area contributed by atoms with Crippen LogP contribution in [0.1, 0.15) is 6.23 Å². The molecule has 0 unspecified atom stereocenters. The van der Waals surface area contributed by atoms with Crippen molar-refractivity contribution in [2.24, 2.45) is 0 Å². The third-order valence-electron chi connectivity index (χ3n) is 3.40. The first-order valence-electron chi connectivity index (χ1n) is 5.95. The largest absolute Gasteiger partial charge is 0.394 e. The molecule has 4 atom stereocenters. The van der Waals surface area contributed by atoms with Crippen molar-refractivity contribution < 1.29 is 20.1 Å². The fourth-order valence-electron chi connectivity index (χ4n) is 2.42. The summed E-state index contributed by atoms with van der Waals surface area (Å²) in [5.74, 6) is 0. The van der Waals surface area contributed by atoms with Gasteiger partial charge in [-0.05, 0) is 24.4 Å². The lowest BCUT2D eigenvalue weighted by molar-refractivity contribution is -0.0514. The SMILES string of the molecule is OC[C@@H]1O[C@H](n2c(=S)[nH]c3ccccc32)[C@H](O)[C@@H]1O. The molecule has 0 amide bonds. The lowest BCUT2D eigenvalue weighted by Crippen LogP contribution is -2.33. The summed E-state index contributed by atoms with van der Waals surface area (Å²) in [5, 5.41) is 29.0. The van der Waals surface area contributed by atoms with Gasteiger partial charge >= 0.3 is 0 Å². The van der Waals surface area contributed by atoms with Crippen molar-refractivity contribution in [2.75, 3.05) is 6.61 Å². The number of imidazole rings is 1. The maximum absolute atomic E-state index is 10.0. The van der Waals surface area contributed by atoms with Crippen molar-refractivity contribution in [3.05, 3.63) is 29.0 Å². The Morgan fingerprint density at radius 2 is 2.00 bits per heavy atom. The van der Waals surface area contributed by atoms with E-state index in [4.69, 9.17) is 22.1 Å². The van der Waals surface area contributed by atoms with Crippen molar-refractivity contribution in [3.63, 3.8) is 0 Å². The first-order valence-corrected chi connectivity index (χ1v) is 6.36. The minimum Gasteiger partial charge on any atom is -0.394 e. The molecular weight excluding hydrogens is 268 g/mol. The number of nitrogens with zero attached hydrogens (tertiary/aromatic N) is 1. The smallest absolute Gasteiger partial charge is 0.180 e. The number of rotatable bonds is 2. The van der Waals surface area contributed by atoms with E-state index in [0.29, 0.717) is 4.77 Å². The number of aliphatic hydroxyl groups is 3. The van der Waals surface area contributed by atoms with Crippen molar-refractivity contribution in [1.29, 1.82) is 0 Å². The van der Waals surface area contributed by atoms with Gasteiger partial charge in [-0.15, -0.1) is 0 Å². The summed E-state index contributed by atoms with van der Waals surface area (Å²) >= 11 is 5.23. The van der Waals surface area contributed by atoms with Crippen LogP contribution in [0, 0.1) is 4.77 Å². The molecule has 0 saturated carbocycles. The van der Waals surface area contributed by atoms with E-state index in [-0.39, 0.29) is 6.61 Å². The van der Waals surface area contributed by atoms with E-state index < -0.39 is 24.5 Å². The highest BCUT2D eigenvalue weighted by atomic mass is 32.1. The summed E-state index contributed by atoms with van der Waals surface area (Å²) in [5.41, 5.74) is 1.60. The molecule has 2 aromatic rings. The van der Waals surface area contributed by atoms with Crippen LogP contribution in [0.25, 0.3) is 11.0 Å². The number of H-pyrrole nitrogens is 1. The van der Waals surface area contributed by atoms with Crippen LogP contribution < -0.4 is 0 Å². The van der Waals surface area contributed by atoms with Crippen LogP contribution in [0.5, 0.6) is 0 Å². The fraction of sp³-hybridized carbons (Fsp3) is 0.417. The van der Waals surface area contributed by atoms with Crippen LogP contribution in [0.15, 0.2) is 24.3 Å². The number of hydrogen-bond acceptors (Lipinski definition) is 5. The molecule has 19 heavy (non-hydrogen) atoms. The number of hydrogen-bond donors (Lipinski definition) is 4. The molecule has 102 valence electrons. The van der Waals surface area contributed by atoms with E-state index in [1.807, 2.05) is 24.3 Å². The number of aliphatic hydroxyl groups excluding tert-OH is 3. The molecule has 6 nitrogen and oxygen atoms in total. The van der Waals surface area contributed by atoms with Gasteiger partial charge in [-0.1, -0.05) is 12.1 Å². The van der Waals surface area contributed by atoms with Crippen molar-refractivity contribution in [1.82, 2.24) is 9.55 Å². The predicted molar refractivity (Wildman–Crippen MR) is 70.1 cm³/mol. The Labute approximate surface area is 113 Å². The van der Waals surface area contributed by atoms with Crippen LogP contribution in [0.3, 0.4) is 0 Å². The molecule has 1 saturated heterocycles. The van der Waals surface area contributed by atoms with Gasteiger partial charge in [0, 0.05) is 0 Å². The van der Waals surface area contributed by atoms with Gasteiger partial charge in [0.1, 0.15) is 18.3 Å². The van der Waals surface area contributed by atoms with Crippen LogP contribution in [0.4, 0.5) is 0 Å². The number of fused-ring (bicyclic) bond motifs is 1. The molecule has 7 heteroatoms. The zero-order valence-electron chi connectivity index (χ0n) is 9.93. The zero-order valence-corrected chi connectivity index (χ0v) is 10.7. The van der Waals surface area contributed by atoms with Gasteiger partial charge in [0.2, 0.25) is 0 Å². The lowest BCUT2D eigenvalue weighted by Gasteiger charge is -2.17. The molecule has 1 fully saturated rings. The predicted octanol–water partition coefficient (Wildman–Crippen LogP) is 0.310. The minimum absolute atomic E-state index is 0.357.